The second kappa shape index (κ2) is 8.31. The van der Waals surface area contributed by atoms with Crippen LogP contribution < -0.4 is 15.4 Å². The SMILES string of the molecule is COc1ccc(C2(C)NC(=O)N(CC(=O)NCc3ccc(Cl)cc3Cl)C2=O)cc1. The van der Waals surface area contributed by atoms with E-state index in [0.29, 0.717) is 26.9 Å². The van der Waals surface area contributed by atoms with Crippen molar-refractivity contribution in [2.45, 2.75) is 19.0 Å². The maximum Gasteiger partial charge on any atom is 0.325 e. The Hall–Kier alpha value is -2.77. The number of urea groups is 1. The van der Waals surface area contributed by atoms with Crippen LogP contribution in [0.15, 0.2) is 42.5 Å². The van der Waals surface area contributed by atoms with Crippen molar-refractivity contribution in [1.82, 2.24) is 15.5 Å². The molecular formula is C20H19Cl2N3O4. The summed E-state index contributed by atoms with van der Waals surface area (Å²) in [6.07, 6.45) is 0. The minimum absolute atomic E-state index is 0.147. The fourth-order valence-corrected chi connectivity index (χ4v) is 3.49. The topological polar surface area (TPSA) is 87.7 Å². The van der Waals surface area contributed by atoms with Gasteiger partial charge in [0.1, 0.15) is 17.8 Å². The van der Waals surface area contributed by atoms with E-state index in [1.54, 1.807) is 49.4 Å². The fourth-order valence-electron chi connectivity index (χ4n) is 3.02. The van der Waals surface area contributed by atoms with Gasteiger partial charge < -0.3 is 15.4 Å². The Labute approximate surface area is 177 Å². The summed E-state index contributed by atoms with van der Waals surface area (Å²) < 4.78 is 5.11. The Morgan fingerprint density at radius 3 is 2.48 bits per heavy atom. The van der Waals surface area contributed by atoms with E-state index in [-0.39, 0.29) is 6.54 Å². The molecule has 9 heteroatoms. The van der Waals surface area contributed by atoms with Crippen molar-refractivity contribution in [1.29, 1.82) is 0 Å². The number of benzene rings is 2. The van der Waals surface area contributed by atoms with Crippen molar-refractivity contribution in [3.05, 3.63) is 63.6 Å². The van der Waals surface area contributed by atoms with Gasteiger partial charge in [0.05, 0.1) is 7.11 Å². The highest BCUT2D eigenvalue weighted by Crippen LogP contribution is 2.30. The van der Waals surface area contributed by atoms with Crippen LogP contribution in [0, 0.1) is 0 Å². The molecule has 1 saturated heterocycles. The molecule has 29 heavy (non-hydrogen) atoms. The van der Waals surface area contributed by atoms with Crippen LogP contribution in [-0.2, 0) is 21.7 Å². The third kappa shape index (κ3) is 4.31. The van der Waals surface area contributed by atoms with Crippen molar-refractivity contribution < 1.29 is 19.1 Å². The van der Waals surface area contributed by atoms with E-state index in [4.69, 9.17) is 27.9 Å². The molecule has 0 saturated carbocycles. The zero-order chi connectivity index (χ0) is 21.2. The number of carbonyl (C=O) groups is 3. The molecule has 2 N–H and O–H groups in total. The highest BCUT2D eigenvalue weighted by atomic mass is 35.5. The first-order valence-corrected chi connectivity index (χ1v) is 9.49. The Morgan fingerprint density at radius 1 is 1.17 bits per heavy atom. The molecule has 1 fully saturated rings. The van der Waals surface area contributed by atoms with Crippen molar-refractivity contribution in [2.24, 2.45) is 0 Å². The number of ether oxygens (including phenoxy) is 1. The van der Waals surface area contributed by atoms with Gasteiger partial charge in [0.2, 0.25) is 5.91 Å². The van der Waals surface area contributed by atoms with Crippen LogP contribution in [0.5, 0.6) is 5.75 Å². The third-order valence-corrected chi connectivity index (χ3v) is 5.32. The quantitative estimate of drug-likeness (QED) is 0.682. The van der Waals surface area contributed by atoms with Crippen molar-refractivity contribution in [3.8, 4) is 5.75 Å². The molecule has 2 aromatic carbocycles. The smallest absolute Gasteiger partial charge is 0.325 e. The number of hydrogen-bond donors (Lipinski definition) is 2. The number of halogens is 2. The van der Waals surface area contributed by atoms with Gasteiger partial charge in [-0.05, 0) is 42.3 Å². The maximum absolute atomic E-state index is 12.9. The van der Waals surface area contributed by atoms with E-state index in [1.165, 1.54) is 7.11 Å². The van der Waals surface area contributed by atoms with Crippen molar-refractivity contribution >= 4 is 41.0 Å². The second-order valence-electron chi connectivity index (χ2n) is 6.69. The van der Waals surface area contributed by atoms with Crippen LogP contribution in [-0.4, -0.2) is 36.4 Å². The fraction of sp³-hybridized carbons (Fsp3) is 0.250. The molecule has 1 unspecified atom stereocenters. The summed E-state index contributed by atoms with van der Waals surface area (Å²) in [5.74, 6) is -0.364. The third-order valence-electron chi connectivity index (χ3n) is 4.74. The van der Waals surface area contributed by atoms with Gasteiger partial charge in [0.15, 0.2) is 0 Å². The minimum Gasteiger partial charge on any atom is -0.497 e. The van der Waals surface area contributed by atoms with Gasteiger partial charge in [0, 0.05) is 16.6 Å². The minimum atomic E-state index is -1.26. The lowest BCUT2D eigenvalue weighted by molar-refractivity contribution is -0.134. The summed E-state index contributed by atoms with van der Waals surface area (Å²) >= 11 is 11.9. The van der Waals surface area contributed by atoms with Crippen molar-refractivity contribution in [3.63, 3.8) is 0 Å². The first-order chi connectivity index (χ1) is 13.7. The summed E-state index contributed by atoms with van der Waals surface area (Å²) in [6, 6.07) is 11.1. The first kappa shape index (κ1) is 21.0. The number of hydrogen-bond acceptors (Lipinski definition) is 4. The van der Waals surface area contributed by atoms with E-state index in [1.807, 2.05) is 0 Å². The highest BCUT2D eigenvalue weighted by molar-refractivity contribution is 6.35. The van der Waals surface area contributed by atoms with Gasteiger partial charge in [-0.15, -0.1) is 0 Å². The molecule has 1 atom stereocenters. The average Bonchev–Trinajstić information content (AvgIpc) is 2.91. The molecule has 3 rings (SSSR count). The molecule has 7 nitrogen and oxygen atoms in total. The van der Waals surface area contributed by atoms with Gasteiger partial charge >= 0.3 is 6.03 Å². The lowest BCUT2D eigenvalue weighted by Crippen LogP contribution is -2.43. The number of imide groups is 1. The van der Waals surface area contributed by atoms with Crippen molar-refractivity contribution in [2.75, 3.05) is 13.7 Å². The number of nitrogens with zero attached hydrogens (tertiary/aromatic N) is 1. The number of rotatable bonds is 6. The molecule has 0 radical (unpaired) electrons. The largest absolute Gasteiger partial charge is 0.497 e. The molecule has 1 aliphatic rings. The Kier molecular flexibility index (Phi) is 6.00. The lowest BCUT2D eigenvalue weighted by Gasteiger charge is -2.22. The van der Waals surface area contributed by atoms with Crippen LogP contribution in [0.4, 0.5) is 4.79 Å². The van der Waals surface area contributed by atoms with E-state index in [2.05, 4.69) is 10.6 Å². The van der Waals surface area contributed by atoms with Gasteiger partial charge in [-0.1, -0.05) is 41.4 Å². The molecule has 1 aliphatic heterocycles. The summed E-state index contributed by atoms with van der Waals surface area (Å²) in [4.78, 5) is 38.4. The predicted octanol–water partition coefficient (Wildman–Crippen LogP) is 3.09. The predicted molar refractivity (Wildman–Crippen MR) is 109 cm³/mol. The number of methoxy groups -OCH3 is 1. The molecule has 1 heterocycles. The maximum atomic E-state index is 12.9. The Morgan fingerprint density at radius 2 is 1.86 bits per heavy atom. The molecule has 0 spiro atoms. The van der Waals surface area contributed by atoms with Crippen LogP contribution in [0.25, 0.3) is 0 Å². The van der Waals surface area contributed by atoms with Crippen LogP contribution in [0.3, 0.4) is 0 Å². The van der Waals surface area contributed by atoms with Gasteiger partial charge in [0.25, 0.3) is 5.91 Å². The average molecular weight is 436 g/mol. The van der Waals surface area contributed by atoms with Gasteiger partial charge in [-0.3, -0.25) is 14.5 Å². The molecule has 152 valence electrons. The summed E-state index contributed by atoms with van der Waals surface area (Å²) in [5, 5.41) is 6.22. The van der Waals surface area contributed by atoms with E-state index >= 15 is 0 Å². The molecular weight excluding hydrogens is 417 g/mol. The first-order valence-electron chi connectivity index (χ1n) is 8.74. The monoisotopic (exact) mass is 435 g/mol. The van der Waals surface area contributed by atoms with Gasteiger partial charge in [-0.2, -0.15) is 0 Å². The van der Waals surface area contributed by atoms with Crippen LogP contribution in [0.2, 0.25) is 10.0 Å². The van der Waals surface area contributed by atoms with Crippen LogP contribution in [0.1, 0.15) is 18.1 Å². The molecule has 4 amide bonds. The summed E-state index contributed by atoms with van der Waals surface area (Å²) in [5.41, 5.74) is 0.000497. The molecule has 2 aromatic rings. The lowest BCUT2D eigenvalue weighted by atomic mass is 9.92. The Balaban J connectivity index is 1.66. The summed E-state index contributed by atoms with van der Waals surface area (Å²) in [7, 11) is 1.54. The molecule has 0 aromatic heterocycles. The number of amides is 4. The second-order valence-corrected chi connectivity index (χ2v) is 7.53. The Bertz CT molecular complexity index is 965. The number of carbonyl (C=O) groups excluding carboxylic acids is 3. The number of nitrogens with one attached hydrogen (secondary N) is 2. The normalized spacial score (nSPS) is 18.6. The van der Waals surface area contributed by atoms with E-state index in [9.17, 15) is 14.4 Å². The molecule has 0 aliphatic carbocycles. The molecule has 0 bridgehead atoms. The van der Waals surface area contributed by atoms with E-state index < -0.39 is 29.9 Å². The zero-order valence-electron chi connectivity index (χ0n) is 15.8. The van der Waals surface area contributed by atoms with Gasteiger partial charge in [-0.25, -0.2) is 4.79 Å². The zero-order valence-corrected chi connectivity index (χ0v) is 17.3. The summed E-state index contributed by atoms with van der Waals surface area (Å²) in [6.45, 7) is 1.34. The van der Waals surface area contributed by atoms with E-state index in [0.717, 1.165) is 4.90 Å². The van der Waals surface area contributed by atoms with Crippen LogP contribution >= 0.6 is 23.2 Å². The highest BCUT2D eigenvalue weighted by Gasteiger charge is 2.49. The standard InChI is InChI=1S/C20H19Cl2N3O4/c1-20(13-4-7-15(29-2)8-5-13)18(27)25(19(28)24-20)11-17(26)23-10-12-3-6-14(21)9-16(12)22/h3-9H,10-11H2,1-2H3,(H,23,26)(H,24,28).